The van der Waals surface area contributed by atoms with Crippen LogP contribution in [-0.4, -0.2) is 17.4 Å². The number of fused-ring (bicyclic) bond motifs is 1. The molecule has 0 radical (unpaired) electrons. The maximum absolute atomic E-state index is 11.3. The first-order valence-electron chi connectivity index (χ1n) is 5.04. The Hall–Kier alpha value is -0.930. The molecule has 0 aliphatic carbocycles. The molecule has 1 aliphatic heterocycles. The molecule has 0 aromatic heterocycles. The van der Waals surface area contributed by atoms with Crippen LogP contribution < -0.4 is 10.1 Å². The first-order valence-corrected chi connectivity index (χ1v) is 5.91. The number of anilines is 1. The zero-order valence-electron chi connectivity index (χ0n) is 8.50. The van der Waals surface area contributed by atoms with Crippen molar-refractivity contribution in [3.05, 3.63) is 23.8 Å². The monoisotopic (exact) mass is 259 g/mol. The van der Waals surface area contributed by atoms with Gasteiger partial charge in [-0.05, 0) is 24.5 Å². The van der Waals surface area contributed by atoms with E-state index in [0.29, 0.717) is 5.75 Å². The number of carbonyl (C=O) groups excluding carboxylic acids is 1. The molecule has 86 valence electrons. The van der Waals surface area contributed by atoms with Crippen molar-refractivity contribution in [2.45, 2.75) is 17.7 Å². The molecule has 16 heavy (non-hydrogen) atoms. The minimum Gasteiger partial charge on any atom is -0.422 e. The van der Waals surface area contributed by atoms with Gasteiger partial charge in [0.1, 0.15) is 0 Å². The molecule has 0 bridgehead atoms. The van der Waals surface area contributed by atoms with Gasteiger partial charge < -0.3 is 10.1 Å². The van der Waals surface area contributed by atoms with Gasteiger partial charge in [0.05, 0.1) is 5.69 Å². The third kappa shape index (κ3) is 2.42. The minimum atomic E-state index is -1.15. The molecule has 0 unspecified atom stereocenters. The first-order chi connectivity index (χ1) is 7.68. The minimum absolute atomic E-state index is 0.494. The molecule has 0 saturated heterocycles. The second kappa shape index (κ2) is 4.93. The SMILES string of the molecule is O=C(Oc1cccc2c1NCCC2)C(Cl)Cl. The van der Waals surface area contributed by atoms with Gasteiger partial charge >= 0.3 is 5.97 Å². The summed E-state index contributed by atoms with van der Waals surface area (Å²) in [5.74, 6) is -0.155. The Morgan fingerprint density at radius 2 is 2.25 bits per heavy atom. The summed E-state index contributed by atoms with van der Waals surface area (Å²) in [6.07, 6.45) is 2.07. The molecule has 0 fully saturated rings. The number of nitrogens with one attached hydrogen (secondary N) is 1. The Bertz CT molecular complexity index is 407. The van der Waals surface area contributed by atoms with E-state index in [9.17, 15) is 4.79 Å². The number of hydrogen-bond donors (Lipinski definition) is 1. The average Bonchev–Trinajstić information content (AvgIpc) is 2.29. The summed E-state index contributed by atoms with van der Waals surface area (Å²) < 4.78 is 5.11. The van der Waals surface area contributed by atoms with Gasteiger partial charge in [-0.15, -0.1) is 0 Å². The van der Waals surface area contributed by atoms with E-state index in [1.807, 2.05) is 12.1 Å². The van der Waals surface area contributed by atoms with Crippen molar-refractivity contribution in [2.24, 2.45) is 0 Å². The smallest absolute Gasteiger partial charge is 0.344 e. The van der Waals surface area contributed by atoms with Gasteiger partial charge in [-0.3, -0.25) is 0 Å². The Morgan fingerprint density at radius 3 is 3.00 bits per heavy atom. The molecular weight excluding hydrogens is 249 g/mol. The molecule has 0 atom stereocenters. The van der Waals surface area contributed by atoms with Crippen molar-refractivity contribution < 1.29 is 9.53 Å². The van der Waals surface area contributed by atoms with Crippen LogP contribution in [0.3, 0.4) is 0 Å². The number of benzene rings is 1. The molecule has 0 spiro atoms. The second-order valence-corrected chi connectivity index (χ2v) is 4.64. The van der Waals surface area contributed by atoms with Crippen LogP contribution in [0.2, 0.25) is 0 Å². The van der Waals surface area contributed by atoms with E-state index in [1.54, 1.807) is 6.07 Å². The van der Waals surface area contributed by atoms with Crippen molar-refractivity contribution in [1.82, 2.24) is 0 Å². The summed E-state index contributed by atoms with van der Waals surface area (Å²) >= 11 is 10.9. The molecule has 0 amide bonds. The Morgan fingerprint density at radius 1 is 1.44 bits per heavy atom. The molecule has 5 heteroatoms. The largest absolute Gasteiger partial charge is 0.422 e. The highest BCUT2D eigenvalue weighted by atomic mass is 35.5. The summed E-state index contributed by atoms with van der Waals surface area (Å²) in [7, 11) is 0. The fourth-order valence-corrected chi connectivity index (χ4v) is 1.80. The molecule has 1 aliphatic rings. The van der Waals surface area contributed by atoms with E-state index in [4.69, 9.17) is 27.9 Å². The van der Waals surface area contributed by atoms with E-state index in [1.165, 1.54) is 0 Å². The number of ether oxygens (including phenoxy) is 1. The number of hydrogen-bond acceptors (Lipinski definition) is 3. The van der Waals surface area contributed by atoms with Gasteiger partial charge in [-0.2, -0.15) is 0 Å². The molecular formula is C11H11Cl2NO2. The number of aryl methyl sites for hydroxylation is 1. The van der Waals surface area contributed by atoms with Gasteiger partial charge in [-0.1, -0.05) is 35.3 Å². The van der Waals surface area contributed by atoms with Crippen molar-refractivity contribution in [3.8, 4) is 5.75 Å². The van der Waals surface area contributed by atoms with E-state index < -0.39 is 10.8 Å². The van der Waals surface area contributed by atoms with Crippen LogP contribution in [0.15, 0.2) is 18.2 Å². The summed E-state index contributed by atoms with van der Waals surface area (Å²) in [5, 5.41) is 3.21. The third-order valence-corrected chi connectivity index (χ3v) is 2.78. The highest BCUT2D eigenvalue weighted by molar-refractivity contribution is 6.53. The van der Waals surface area contributed by atoms with E-state index in [0.717, 1.165) is 30.6 Å². The Balaban J connectivity index is 2.24. The lowest BCUT2D eigenvalue weighted by atomic mass is 10.0. The number of para-hydroxylation sites is 1. The molecule has 1 aromatic carbocycles. The lowest BCUT2D eigenvalue weighted by molar-refractivity contribution is -0.132. The predicted octanol–water partition coefficient (Wildman–Crippen LogP) is 2.75. The molecule has 2 rings (SSSR count). The molecule has 0 saturated carbocycles. The van der Waals surface area contributed by atoms with Crippen molar-refractivity contribution in [1.29, 1.82) is 0 Å². The maximum atomic E-state index is 11.3. The zero-order chi connectivity index (χ0) is 11.5. The quantitative estimate of drug-likeness (QED) is 0.504. The molecule has 1 aromatic rings. The summed E-state index contributed by atoms with van der Waals surface area (Å²) in [4.78, 5) is 10.1. The number of carbonyl (C=O) groups is 1. The van der Waals surface area contributed by atoms with E-state index in [-0.39, 0.29) is 0 Å². The average molecular weight is 260 g/mol. The van der Waals surface area contributed by atoms with Crippen LogP contribution in [0.5, 0.6) is 5.75 Å². The van der Waals surface area contributed by atoms with E-state index in [2.05, 4.69) is 5.32 Å². The fraction of sp³-hybridized carbons (Fsp3) is 0.364. The van der Waals surface area contributed by atoms with Crippen LogP contribution in [0.1, 0.15) is 12.0 Å². The molecule has 1 heterocycles. The van der Waals surface area contributed by atoms with Gasteiger partial charge in [0.2, 0.25) is 4.84 Å². The van der Waals surface area contributed by atoms with Crippen LogP contribution >= 0.6 is 23.2 Å². The van der Waals surface area contributed by atoms with Gasteiger partial charge in [0.25, 0.3) is 0 Å². The van der Waals surface area contributed by atoms with Crippen LogP contribution in [0, 0.1) is 0 Å². The second-order valence-electron chi connectivity index (χ2n) is 3.54. The normalized spacial score (nSPS) is 14.2. The van der Waals surface area contributed by atoms with Crippen molar-refractivity contribution in [3.63, 3.8) is 0 Å². The number of esters is 1. The van der Waals surface area contributed by atoms with Crippen LogP contribution in [0.25, 0.3) is 0 Å². The standard InChI is InChI=1S/C11H11Cl2NO2/c12-10(13)11(15)16-8-5-1-3-7-4-2-6-14-9(7)8/h1,3,5,10,14H,2,4,6H2. The number of alkyl halides is 2. The van der Waals surface area contributed by atoms with Crippen molar-refractivity contribution >= 4 is 34.9 Å². The van der Waals surface area contributed by atoms with Crippen molar-refractivity contribution in [2.75, 3.05) is 11.9 Å². The van der Waals surface area contributed by atoms with Gasteiger partial charge in [0.15, 0.2) is 5.75 Å². The highest BCUT2D eigenvalue weighted by Gasteiger charge is 2.19. The van der Waals surface area contributed by atoms with Crippen LogP contribution in [0.4, 0.5) is 5.69 Å². The van der Waals surface area contributed by atoms with E-state index >= 15 is 0 Å². The predicted molar refractivity (Wildman–Crippen MR) is 64.4 cm³/mol. The summed E-state index contributed by atoms with van der Waals surface area (Å²) in [6, 6.07) is 5.59. The highest BCUT2D eigenvalue weighted by Crippen LogP contribution is 2.32. The third-order valence-electron chi connectivity index (χ3n) is 2.43. The lowest BCUT2D eigenvalue weighted by Crippen LogP contribution is -2.18. The molecule has 1 N–H and O–H groups in total. The lowest BCUT2D eigenvalue weighted by Gasteiger charge is -2.20. The number of rotatable bonds is 2. The Kier molecular flexibility index (Phi) is 3.56. The maximum Gasteiger partial charge on any atom is 0.344 e. The van der Waals surface area contributed by atoms with Crippen LogP contribution in [-0.2, 0) is 11.2 Å². The summed E-state index contributed by atoms with van der Waals surface area (Å²) in [6.45, 7) is 0.882. The number of halogens is 2. The summed E-state index contributed by atoms with van der Waals surface area (Å²) in [5.41, 5.74) is 2.02. The first kappa shape index (κ1) is 11.6. The zero-order valence-corrected chi connectivity index (χ0v) is 10.0. The van der Waals surface area contributed by atoms with Gasteiger partial charge in [0, 0.05) is 6.54 Å². The van der Waals surface area contributed by atoms with Gasteiger partial charge in [-0.25, -0.2) is 4.79 Å². The Labute approximate surface area is 104 Å². The fourth-order valence-electron chi connectivity index (χ4n) is 1.72. The molecule has 3 nitrogen and oxygen atoms in total. The topological polar surface area (TPSA) is 38.3 Å².